The quantitative estimate of drug-likeness (QED) is 0.542. The molecule has 1 N–H and O–H groups in total. The number of rotatable bonds is 6. The number of aromatic nitrogens is 1. The minimum absolute atomic E-state index is 0.161. The first-order chi connectivity index (χ1) is 14.3. The van der Waals surface area contributed by atoms with E-state index in [4.69, 9.17) is 4.74 Å². The summed E-state index contributed by atoms with van der Waals surface area (Å²) in [4.78, 5) is 27.4. The maximum Gasteiger partial charge on any atom is 0.410 e. The van der Waals surface area contributed by atoms with Crippen LogP contribution in [0, 0.1) is 5.92 Å². The Labute approximate surface area is 184 Å². The van der Waals surface area contributed by atoms with Crippen molar-refractivity contribution in [1.82, 2.24) is 20.1 Å². The highest BCUT2D eigenvalue weighted by Crippen LogP contribution is 2.32. The molecular weight excluding hydrogens is 398 g/mol. The molecule has 0 unspecified atom stereocenters. The van der Waals surface area contributed by atoms with Gasteiger partial charge in [0.2, 0.25) is 0 Å². The number of thiazole rings is 1. The number of hydrogen-bond acceptors (Lipinski definition) is 5. The Bertz CT molecular complexity index is 730. The number of nitrogens with zero attached hydrogens (tertiary/aromatic N) is 4. The first-order valence-corrected chi connectivity index (χ1v) is 12.0. The molecule has 2 heterocycles. The predicted octanol–water partition coefficient (Wildman–Crippen LogP) is 3.89. The van der Waals surface area contributed by atoms with Crippen LogP contribution in [0.5, 0.6) is 0 Å². The van der Waals surface area contributed by atoms with E-state index in [-0.39, 0.29) is 12.1 Å². The number of likely N-dealkylation sites (tertiary alicyclic amines) is 1. The first kappa shape index (κ1) is 22.8. The molecule has 1 aliphatic heterocycles. The number of guanidine groups is 1. The number of aliphatic imine (C=N–C) groups is 1. The summed E-state index contributed by atoms with van der Waals surface area (Å²) in [6.07, 6.45) is 7.14. The van der Waals surface area contributed by atoms with Crippen molar-refractivity contribution in [2.75, 3.05) is 26.7 Å². The first-order valence-electron chi connectivity index (χ1n) is 11.2. The molecule has 3 rings (SSSR count). The molecule has 2 fully saturated rings. The van der Waals surface area contributed by atoms with Crippen LogP contribution in [0.1, 0.15) is 63.3 Å². The zero-order chi connectivity index (χ0) is 21.7. The van der Waals surface area contributed by atoms with Crippen molar-refractivity contribution in [2.45, 2.75) is 78.0 Å². The monoisotopic (exact) mass is 435 g/mol. The van der Waals surface area contributed by atoms with Gasteiger partial charge in [0.1, 0.15) is 10.6 Å². The molecule has 1 aromatic rings. The van der Waals surface area contributed by atoms with Crippen LogP contribution in [0.2, 0.25) is 0 Å². The van der Waals surface area contributed by atoms with E-state index in [0.717, 1.165) is 49.9 Å². The van der Waals surface area contributed by atoms with Crippen LogP contribution in [0.4, 0.5) is 4.79 Å². The maximum atomic E-state index is 12.8. The Kier molecular flexibility index (Phi) is 7.60. The lowest BCUT2D eigenvalue weighted by Crippen LogP contribution is -2.52. The largest absolute Gasteiger partial charge is 0.444 e. The molecule has 0 bridgehead atoms. The van der Waals surface area contributed by atoms with Gasteiger partial charge < -0.3 is 19.9 Å². The zero-order valence-electron chi connectivity index (χ0n) is 19.1. The van der Waals surface area contributed by atoms with Gasteiger partial charge in [0, 0.05) is 43.8 Å². The molecule has 0 atom stereocenters. The van der Waals surface area contributed by atoms with E-state index < -0.39 is 5.60 Å². The number of aryl methyl sites for hydroxylation is 1. The van der Waals surface area contributed by atoms with Crippen molar-refractivity contribution in [3.8, 4) is 0 Å². The summed E-state index contributed by atoms with van der Waals surface area (Å²) in [5.41, 5.74) is -0.459. The normalized spacial score (nSPS) is 18.4. The molecule has 0 aromatic carbocycles. The number of amides is 1. The zero-order valence-corrected chi connectivity index (χ0v) is 19.9. The fraction of sp³-hybridized carbons (Fsp3) is 0.773. The number of carbonyl (C=O) groups excluding carboxylic acids is 1. The van der Waals surface area contributed by atoms with E-state index >= 15 is 0 Å². The van der Waals surface area contributed by atoms with E-state index in [0.29, 0.717) is 12.5 Å². The van der Waals surface area contributed by atoms with Gasteiger partial charge in [0.25, 0.3) is 0 Å². The Hall–Kier alpha value is -1.83. The van der Waals surface area contributed by atoms with Gasteiger partial charge in [0.15, 0.2) is 5.96 Å². The molecular formula is C22H37N5O2S. The molecule has 1 aromatic heterocycles. The lowest BCUT2D eigenvalue weighted by molar-refractivity contribution is 0.00928. The van der Waals surface area contributed by atoms with Crippen LogP contribution >= 0.6 is 11.3 Å². The summed E-state index contributed by atoms with van der Waals surface area (Å²) < 4.78 is 5.71. The minimum atomic E-state index is -0.459. The summed E-state index contributed by atoms with van der Waals surface area (Å²) in [5.74, 6) is 1.56. The van der Waals surface area contributed by atoms with Crippen molar-refractivity contribution in [3.63, 3.8) is 0 Å². The number of hydrogen-bond donors (Lipinski definition) is 1. The lowest BCUT2D eigenvalue weighted by atomic mass is 10.0. The molecule has 0 spiro atoms. The Morgan fingerprint density at radius 2 is 2.03 bits per heavy atom. The lowest BCUT2D eigenvalue weighted by Gasteiger charge is -2.40. The third-order valence-corrected chi connectivity index (χ3v) is 6.69. The SMILES string of the molecule is CCc1cnc(CNC(=NC)N2CCC(N(CC3CC3)C(=O)OC(C)(C)C)CC2)s1. The summed E-state index contributed by atoms with van der Waals surface area (Å²) in [5, 5.41) is 4.54. The van der Waals surface area contributed by atoms with Gasteiger partial charge in [-0.1, -0.05) is 6.92 Å². The van der Waals surface area contributed by atoms with Crippen LogP contribution < -0.4 is 5.32 Å². The number of piperidine rings is 1. The van der Waals surface area contributed by atoms with Crippen molar-refractivity contribution in [1.29, 1.82) is 0 Å². The Morgan fingerprint density at radius 1 is 1.33 bits per heavy atom. The topological polar surface area (TPSA) is 70.1 Å². The second-order valence-electron chi connectivity index (χ2n) is 9.27. The molecule has 7 nitrogen and oxygen atoms in total. The molecule has 1 saturated heterocycles. The molecule has 168 valence electrons. The third-order valence-electron chi connectivity index (χ3n) is 5.54. The smallest absolute Gasteiger partial charge is 0.410 e. The van der Waals surface area contributed by atoms with E-state index in [1.807, 2.05) is 38.9 Å². The van der Waals surface area contributed by atoms with Gasteiger partial charge in [-0.2, -0.15) is 0 Å². The summed E-state index contributed by atoms with van der Waals surface area (Å²) in [6, 6.07) is 0.237. The van der Waals surface area contributed by atoms with Gasteiger partial charge in [-0.05, 0) is 58.8 Å². The molecule has 30 heavy (non-hydrogen) atoms. The maximum absolute atomic E-state index is 12.8. The highest BCUT2D eigenvalue weighted by Gasteiger charge is 2.35. The molecule has 1 amide bonds. The number of carbonyl (C=O) groups is 1. The van der Waals surface area contributed by atoms with E-state index in [2.05, 4.69) is 27.1 Å². The second kappa shape index (κ2) is 9.98. The fourth-order valence-corrected chi connectivity index (χ4v) is 4.54. The number of ether oxygens (including phenoxy) is 1. The summed E-state index contributed by atoms with van der Waals surface area (Å²) in [7, 11) is 1.83. The minimum Gasteiger partial charge on any atom is -0.444 e. The fourth-order valence-electron chi connectivity index (χ4n) is 3.74. The van der Waals surface area contributed by atoms with Crippen LogP contribution in [0.15, 0.2) is 11.2 Å². The van der Waals surface area contributed by atoms with Crippen LogP contribution in [-0.4, -0.2) is 65.2 Å². The molecule has 0 radical (unpaired) electrons. The van der Waals surface area contributed by atoms with E-state index in [1.165, 1.54) is 17.7 Å². The van der Waals surface area contributed by atoms with Gasteiger partial charge in [-0.15, -0.1) is 11.3 Å². The third kappa shape index (κ3) is 6.59. The van der Waals surface area contributed by atoms with Crippen LogP contribution in [-0.2, 0) is 17.7 Å². The van der Waals surface area contributed by atoms with Gasteiger partial charge in [0.05, 0.1) is 6.54 Å². The second-order valence-corrected chi connectivity index (χ2v) is 10.5. The standard InChI is InChI=1S/C22H37N5O2S/c1-6-18-13-24-19(30-18)14-25-20(23-5)26-11-9-17(10-12-26)27(15-16-7-8-16)21(28)29-22(2,3)4/h13,16-17H,6-12,14-15H2,1-5H3,(H,23,25). The van der Waals surface area contributed by atoms with Gasteiger partial charge >= 0.3 is 6.09 Å². The molecule has 1 saturated carbocycles. The Morgan fingerprint density at radius 3 is 2.57 bits per heavy atom. The highest BCUT2D eigenvalue weighted by atomic mass is 32.1. The van der Waals surface area contributed by atoms with Gasteiger partial charge in [-0.3, -0.25) is 4.99 Å². The predicted molar refractivity (Wildman–Crippen MR) is 122 cm³/mol. The van der Waals surface area contributed by atoms with Crippen molar-refractivity contribution >= 4 is 23.4 Å². The molecule has 8 heteroatoms. The van der Waals surface area contributed by atoms with Crippen molar-refractivity contribution in [2.24, 2.45) is 10.9 Å². The van der Waals surface area contributed by atoms with Crippen LogP contribution in [0.3, 0.4) is 0 Å². The summed E-state index contributed by atoms with van der Waals surface area (Å²) in [6.45, 7) is 11.2. The van der Waals surface area contributed by atoms with Crippen molar-refractivity contribution < 1.29 is 9.53 Å². The molecule has 1 aliphatic carbocycles. The van der Waals surface area contributed by atoms with E-state index in [1.54, 1.807) is 11.3 Å². The van der Waals surface area contributed by atoms with Crippen LogP contribution in [0.25, 0.3) is 0 Å². The summed E-state index contributed by atoms with van der Waals surface area (Å²) >= 11 is 1.75. The Balaban J connectivity index is 1.53. The average molecular weight is 436 g/mol. The highest BCUT2D eigenvalue weighted by molar-refractivity contribution is 7.11. The van der Waals surface area contributed by atoms with E-state index in [9.17, 15) is 4.79 Å². The number of nitrogens with one attached hydrogen (secondary N) is 1. The molecule has 2 aliphatic rings. The average Bonchev–Trinajstić information content (AvgIpc) is 3.41. The van der Waals surface area contributed by atoms with Crippen molar-refractivity contribution in [3.05, 3.63) is 16.1 Å². The van der Waals surface area contributed by atoms with Gasteiger partial charge in [-0.25, -0.2) is 9.78 Å².